The third-order valence-electron chi connectivity index (χ3n) is 3.69. The summed E-state index contributed by atoms with van der Waals surface area (Å²) in [6.45, 7) is 0. The van der Waals surface area contributed by atoms with Crippen LogP contribution in [0.15, 0.2) is 53.6 Å². The van der Waals surface area contributed by atoms with E-state index < -0.39 is 0 Å². The fourth-order valence-electron chi connectivity index (χ4n) is 2.48. The molecule has 0 aromatic heterocycles. The fourth-order valence-corrected chi connectivity index (χ4v) is 2.48. The Morgan fingerprint density at radius 3 is 2.73 bits per heavy atom. The van der Waals surface area contributed by atoms with Crippen LogP contribution in [0.3, 0.4) is 0 Å². The second-order valence-electron chi connectivity index (χ2n) is 5.07. The van der Waals surface area contributed by atoms with Crippen molar-refractivity contribution in [2.75, 3.05) is 7.11 Å². The van der Waals surface area contributed by atoms with Crippen molar-refractivity contribution in [1.29, 1.82) is 0 Å². The van der Waals surface area contributed by atoms with E-state index in [-0.39, 0.29) is 17.6 Å². The quantitative estimate of drug-likeness (QED) is 0.947. The summed E-state index contributed by atoms with van der Waals surface area (Å²) >= 11 is 0. The lowest BCUT2D eigenvalue weighted by Gasteiger charge is -2.22. The molecule has 1 atom stereocenters. The van der Waals surface area contributed by atoms with Gasteiger partial charge < -0.3 is 4.74 Å². The number of methoxy groups -OCH3 is 1. The van der Waals surface area contributed by atoms with Gasteiger partial charge >= 0.3 is 0 Å². The number of nitrogens with zero attached hydrogens (tertiary/aromatic N) is 1. The maximum Gasteiger partial charge on any atom is 0.248 e. The van der Waals surface area contributed by atoms with Crippen molar-refractivity contribution in [2.45, 2.75) is 12.3 Å². The molecule has 112 valence electrons. The summed E-state index contributed by atoms with van der Waals surface area (Å²) in [6.07, 6.45) is 0.463. The summed E-state index contributed by atoms with van der Waals surface area (Å²) in [5, 5.41) is 4.14. The number of hydrogen-bond acceptors (Lipinski definition) is 3. The van der Waals surface area contributed by atoms with Crippen LogP contribution in [0.2, 0.25) is 0 Å². The first-order valence-corrected chi connectivity index (χ1v) is 6.93. The van der Waals surface area contributed by atoms with Crippen molar-refractivity contribution in [3.63, 3.8) is 0 Å². The topological polar surface area (TPSA) is 50.7 Å². The molecule has 0 spiro atoms. The first kappa shape index (κ1) is 14.3. The van der Waals surface area contributed by atoms with Crippen LogP contribution in [0.25, 0.3) is 0 Å². The second-order valence-corrected chi connectivity index (χ2v) is 5.07. The molecule has 1 aliphatic rings. The van der Waals surface area contributed by atoms with E-state index in [0.29, 0.717) is 6.42 Å². The van der Waals surface area contributed by atoms with Crippen molar-refractivity contribution in [3.05, 3.63) is 65.5 Å². The van der Waals surface area contributed by atoms with Gasteiger partial charge in [0.15, 0.2) is 0 Å². The van der Waals surface area contributed by atoms with E-state index in [9.17, 15) is 9.18 Å². The Kier molecular flexibility index (Phi) is 3.87. The Bertz CT molecular complexity index is 726. The highest BCUT2D eigenvalue weighted by Gasteiger charge is 2.27. The average Bonchev–Trinajstić information content (AvgIpc) is 2.56. The minimum Gasteiger partial charge on any atom is -0.497 e. The molecule has 2 aromatic carbocycles. The Morgan fingerprint density at radius 2 is 2.00 bits per heavy atom. The van der Waals surface area contributed by atoms with Gasteiger partial charge in [0, 0.05) is 12.0 Å². The number of ether oxygens (including phenoxy) is 1. The molecule has 0 saturated carbocycles. The lowest BCUT2D eigenvalue weighted by atomic mass is 9.89. The van der Waals surface area contributed by atoms with E-state index in [4.69, 9.17) is 4.74 Å². The van der Waals surface area contributed by atoms with Crippen LogP contribution >= 0.6 is 0 Å². The van der Waals surface area contributed by atoms with E-state index in [1.165, 1.54) is 12.1 Å². The Morgan fingerprint density at radius 1 is 1.23 bits per heavy atom. The van der Waals surface area contributed by atoms with Gasteiger partial charge in [-0.05, 0) is 29.8 Å². The van der Waals surface area contributed by atoms with Gasteiger partial charge in [0.05, 0.1) is 18.7 Å². The third kappa shape index (κ3) is 2.83. The molecule has 22 heavy (non-hydrogen) atoms. The minimum absolute atomic E-state index is 0.182. The van der Waals surface area contributed by atoms with Crippen LogP contribution in [0.5, 0.6) is 5.75 Å². The molecule has 0 unspecified atom stereocenters. The van der Waals surface area contributed by atoms with Gasteiger partial charge in [0.2, 0.25) is 5.91 Å². The molecule has 5 heteroatoms. The van der Waals surface area contributed by atoms with Crippen LogP contribution in [0.4, 0.5) is 4.39 Å². The zero-order chi connectivity index (χ0) is 15.5. The van der Waals surface area contributed by atoms with Crippen LogP contribution in [0.1, 0.15) is 23.5 Å². The Balaban J connectivity index is 1.89. The van der Waals surface area contributed by atoms with Crippen molar-refractivity contribution in [1.82, 2.24) is 5.43 Å². The summed E-state index contributed by atoms with van der Waals surface area (Å²) in [6, 6.07) is 13.5. The van der Waals surface area contributed by atoms with Crippen LogP contribution < -0.4 is 10.2 Å². The molecule has 2 aromatic rings. The smallest absolute Gasteiger partial charge is 0.248 e. The average molecular weight is 298 g/mol. The molecule has 0 aliphatic carbocycles. The molecule has 0 saturated heterocycles. The van der Waals surface area contributed by atoms with Crippen molar-refractivity contribution < 1.29 is 13.9 Å². The number of carbonyl (C=O) groups excluding carboxylic acids is 1. The van der Waals surface area contributed by atoms with Gasteiger partial charge in [-0.15, -0.1) is 0 Å². The molecule has 0 radical (unpaired) electrons. The lowest BCUT2D eigenvalue weighted by molar-refractivity contribution is -0.122. The molecule has 1 N–H and O–H groups in total. The number of benzene rings is 2. The predicted molar refractivity (Wildman–Crippen MR) is 81.4 cm³/mol. The second kappa shape index (κ2) is 5.97. The Labute approximate surface area is 127 Å². The first-order valence-electron chi connectivity index (χ1n) is 6.93. The summed E-state index contributed by atoms with van der Waals surface area (Å²) in [5.41, 5.74) is 4.98. The van der Waals surface area contributed by atoms with E-state index in [1.807, 2.05) is 24.3 Å². The monoisotopic (exact) mass is 298 g/mol. The van der Waals surface area contributed by atoms with E-state index in [2.05, 4.69) is 10.5 Å². The zero-order valence-corrected chi connectivity index (χ0v) is 12.0. The van der Waals surface area contributed by atoms with Crippen molar-refractivity contribution >= 4 is 11.6 Å². The molecular formula is C17H15FN2O2. The van der Waals surface area contributed by atoms with Gasteiger partial charge in [-0.1, -0.05) is 24.3 Å². The standard InChI is InChI=1S/C17H15FN2O2/c1-22-14-4-2-3-12(9-14)16-10-15(17(21)20-19-16)11-5-7-13(18)8-6-11/h2-9,15H,10H2,1H3,(H,20,21)/t15-/m1/s1. The maximum atomic E-state index is 13.0. The van der Waals surface area contributed by atoms with Gasteiger partial charge in [-0.2, -0.15) is 5.10 Å². The molecule has 0 bridgehead atoms. The number of rotatable bonds is 3. The molecular weight excluding hydrogens is 283 g/mol. The van der Waals surface area contributed by atoms with E-state index in [1.54, 1.807) is 19.2 Å². The molecule has 4 nitrogen and oxygen atoms in total. The summed E-state index contributed by atoms with van der Waals surface area (Å²) in [4.78, 5) is 12.0. The number of nitrogens with one attached hydrogen (secondary N) is 1. The number of hydrogen-bond donors (Lipinski definition) is 1. The number of amides is 1. The highest BCUT2D eigenvalue weighted by atomic mass is 19.1. The van der Waals surface area contributed by atoms with Gasteiger partial charge in [0.1, 0.15) is 11.6 Å². The number of carbonyl (C=O) groups is 1. The van der Waals surface area contributed by atoms with Crippen molar-refractivity contribution in [3.8, 4) is 5.75 Å². The van der Waals surface area contributed by atoms with E-state index in [0.717, 1.165) is 22.6 Å². The number of halogens is 1. The van der Waals surface area contributed by atoms with Crippen LogP contribution in [-0.4, -0.2) is 18.7 Å². The normalized spacial score (nSPS) is 17.6. The van der Waals surface area contributed by atoms with Gasteiger partial charge in [-0.3, -0.25) is 4.79 Å². The zero-order valence-electron chi connectivity index (χ0n) is 12.0. The first-order chi connectivity index (χ1) is 10.7. The van der Waals surface area contributed by atoms with Crippen molar-refractivity contribution in [2.24, 2.45) is 5.10 Å². The van der Waals surface area contributed by atoms with Gasteiger partial charge in [-0.25, -0.2) is 9.82 Å². The maximum absolute atomic E-state index is 13.0. The van der Waals surface area contributed by atoms with Crippen LogP contribution in [0, 0.1) is 5.82 Å². The summed E-state index contributed by atoms with van der Waals surface area (Å²) < 4.78 is 18.2. The van der Waals surface area contributed by atoms with E-state index >= 15 is 0 Å². The minimum atomic E-state index is -0.376. The Hall–Kier alpha value is -2.69. The lowest BCUT2D eigenvalue weighted by Crippen LogP contribution is -2.33. The molecule has 1 aliphatic heterocycles. The highest BCUT2D eigenvalue weighted by molar-refractivity contribution is 6.06. The predicted octanol–water partition coefficient (Wildman–Crippen LogP) is 2.84. The third-order valence-corrected chi connectivity index (χ3v) is 3.69. The number of hydrazone groups is 1. The molecule has 0 fully saturated rings. The summed E-state index contributed by atoms with van der Waals surface area (Å²) in [5.74, 6) is -0.144. The largest absolute Gasteiger partial charge is 0.497 e. The molecule has 3 rings (SSSR count). The fraction of sp³-hybridized carbons (Fsp3) is 0.176. The summed E-state index contributed by atoms with van der Waals surface area (Å²) in [7, 11) is 1.60. The van der Waals surface area contributed by atoms with Gasteiger partial charge in [0.25, 0.3) is 0 Å². The molecule has 1 amide bonds. The molecule has 1 heterocycles. The highest BCUT2D eigenvalue weighted by Crippen LogP contribution is 2.26. The van der Waals surface area contributed by atoms with Crippen LogP contribution in [-0.2, 0) is 4.79 Å². The SMILES string of the molecule is COc1cccc(C2=NNC(=O)[C@@H](c3ccc(F)cc3)C2)c1.